The number of amides is 1. The molecule has 0 fully saturated rings. The largest absolute Gasteiger partial charge is 0.465 e. The highest BCUT2D eigenvalue weighted by atomic mass is 32.2. The van der Waals surface area contributed by atoms with Gasteiger partial charge in [-0.1, -0.05) is 54.6 Å². The fourth-order valence-electron chi connectivity index (χ4n) is 4.05. The number of anilines is 1. The van der Waals surface area contributed by atoms with Crippen LogP contribution in [0.3, 0.4) is 0 Å². The zero-order chi connectivity index (χ0) is 24.2. The van der Waals surface area contributed by atoms with E-state index >= 15 is 0 Å². The highest BCUT2D eigenvalue weighted by Crippen LogP contribution is 2.40. The van der Waals surface area contributed by atoms with E-state index in [9.17, 15) is 9.59 Å². The van der Waals surface area contributed by atoms with Gasteiger partial charge in [0.05, 0.1) is 18.4 Å². The SMILES string of the molecule is C=CCn1c(SCC(=O)Nc2sc3c(c2C(=O)OC)CCC(C)C3)nnc1-c1ccc(C)cc1. The van der Waals surface area contributed by atoms with E-state index in [1.807, 2.05) is 35.8 Å². The summed E-state index contributed by atoms with van der Waals surface area (Å²) in [5, 5.41) is 12.8. The number of methoxy groups -OCH3 is 1. The first kappa shape index (κ1) is 24.2. The molecule has 0 aliphatic heterocycles. The lowest BCUT2D eigenvalue weighted by atomic mass is 9.88. The van der Waals surface area contributed by atoms with E-state index in [-0.39, 0.29) is 11.7 Å². The molecule has 4 rings (SSSR count). The van der Waals surface area contributed by atoms with Crippen molar-refractivity contribution >= 4 is 40.0 Å². The number of nitrogens with one attached hydrogen (secondary N) is 1. The molecule has 2 aromatic heterocycles. The molecule has 7 nitrogen and oxygen atoms in total. The fraction of sp³-hybridized carbons (Fsp3) is 0.360. The fourth-order valence-corrected chi connectivity index (χ4v) is 6.22. The zero-order valence-electron chi connectivity index (χ0n) is 19.6. The Morgan fingerprint density at radius 3 is 2.79 bits per heavy atom. The molecule has 1 atom stereocenters. The minimum Gasteiger partial charge on any atom is -0.465 e. The molecule has 34 heavy (non-hydrogen) atoms. The quantitative estimate of drug-likeness (QED) is 0.264. The lowest BCUT2D eigenvalue weighted by Crippen LogP contribution is -2.17. The summed E-state index contributed by atoms with van der Waals surface area (Å²) in [5.74, 6) is 0.837. The van der Waals surface area contributed by atoms with E-state index in [1.165, 1.54) is 35.8 Å². The number of aryl methyl sites for hydroxylation is 1. The molecule has 0 radical (unpaired) electrons. The summed E-state index contributed by atoms with van der Waals surface area (Å²) in [6.07, 6.45) is 4.56. The van der Waals surface area contributed by atoms with Crippen LogP contribution in [-0.2, 0) is 28.9 Å². The Morgan fingerprint density at radius 2 is 2.09 bits per heavy atom. The standard InChI is InChI=1S/C25H28N4O3S2/c1-5-12-29-22(17-9-6-15(2)7-10-17)27-28-25(29)33-14-20(30)26-23-21(24(31)32-4)18-11-8-16(3)13-19(18)34-23/h5-7,9-10,16H,1,8,11-14H2,2-4H3,(H,26,30). The van der Waals surface area contributed by atoms with Gasteiger partial charge in [0.1, 0.15) is 5.00 Å². The van der Waals surface area contributed by atoms with Crippen molar-refractivity contribution in [3.05, 3.63) is 58.5 Å². The summed E-state index contributed by atoms with van der Waals surface area (Å²) < 4.78 is 6.96. The number of carbonyl (C=O) groups excluding carboxylic acids is 2. The molecular formula is C25H28N4O3S2. The Kier molecular flexibility index (Phi) is 7.53. The summed E-state index contributed by atoms with van der Waals surface area (Å²) in [6.45, 7) is 8.61. The summed E-state index contributed by atoms with van der Waals surface area (Å²) in [4.78, 5) is 26.5. The normalized spacial score (nSPS) is 15.0. The van der Waals surface area contributed by atoms with Crippen LogP contribution in [0, 0.1) is 12.8 Å². The molecular weight excluding hydrogens is 468 g/mol. The summed E-state index contributed by atoms with van der Waals surface area (Å²) in [5.41, 5.74) is 3.65. The third kappa shape index (κ3) is 5.10. The maximum atomic E-state index is 12.9. The number of rotatable bonds is 8. The molecule has 0 saturated heterocycles. The number of aromatic nitrogens is 3. The van der Waals surface area contributed by atoms with Crippen LogP contribution in [0.15, 0.2) is 42.1 Å². The average molecular weight is 497 g/mol. The van der Waals surface area contributed by atoms with Crippen molar-refractivity contribution in [1.82, 2.24) is 14.8 Å². The molecule has 9 heteroatoms. The van der Waals surface area contributed by atoms with Gasteiger partial charge in [-0.05, 0) is 37.7 Å². The molecule has 0 bridgehead atoms. The summed E-state index contributed by atoms with van der Waals surface area (Å²) in [6, 6.07) is 8.08. The number of esters is 1. The second-order valence-electron chi connectivity index (χ2n) is 8.46. The van der Waals surface area contributed by atoms with Crippen molar-refractivity contribution in [3.63, 3.8) is 0 Å². The second-order valence-corrected chi connectivity index (χ2v) is 10.5. The van der Waals surface area contributed by atoms with Crippen molar-refractivity contribution < 1.29 is 14.3 Å². The highest BCUT2D eigenvalue weighted by Gasteiger charge is 2.29. The van der Waals surface area contributed by atoms with Gasteiger partial charge in [0.15, 0.2) is 11.0 Å². The molecule has 0 spiro atoms. The molecule has 1 N–H and O–H groups in total. The molecule has 1 aromatic carbocycles. The van der Waals surface area contributed by atoms with Crippen LogP contribution in [0.5, 0.6) is 0 Å². The smallest absolute Gasteiger partial charge is 0.341 e. The first-order valence-electron chi connectivity index (χ1n) is 11.2. The van der Waals surface area contributed by atoms with Crippen molar-refractivity contribution in [2.75, 3.05) is 18.2 Å². The first-order valence-corrected chi connectivity index (χ1v) is 13.0. The number of thioether (sulfide) groups is 1. The van der Waals surface area contributed by atoms with Crippen LogP contribution in [0.25, 0.3) is 11.4 Å². The molecule has 1 aliphatic rings. The molecule has 1 amide bonds. The van der Waals surface area contributed by atoms with Crippen LogP contribution >= 0.6 is 23.1 Å². The summed E-state index contributed by atoms with van der Waals surface area (Å²) in [7, 11) is 1.37. The molecule has 0 saturated carbocycles. The van der Waals surface area contributed by atoms with Crippen LogP contribution < -0.4 is 5.32 Å². The van der Waals surface area contributed by atoms with Crippen molar-refractivity contribution in [1.29, 1.82) is 0 Å². The maximum Gasteiger partial charge on any atom is 0.341 e. The maximum absolute atomic E-state index is 12.9. The predicted octanol–water partition coefficient (Wildman–Crippen LogP) is 5.14. The Labute approximate surface area is 207 Å². The molecule has 1 aliphatic carbocycles. The number of ether oxygens (including phenoxy) is 1. The monoisotopic (exact) mass is 496 g/mol. The van der Waals surface area contributed by atoms with Gasteiger partial charge in [0.2, 0.25) is 5.91 Å². The lowest BCUT2D eigenvalue weighted by Gasteiger charge is -2.18. The molecule has 178 valence electrons. The van der Waals surface area contributed by atoms with E-state index in [0.717, 1.165) is 41.1 Å². The van der Waals surface area contributed by atoms with Crippen LogP contribution in [0.4, 0.5) is 5.00 Å². The van der Waals surface area contributed by atoms with Gasteiger partial charge in [-0.2, -0.15) is 0 Å². The molecule has 3 aromatic rings. The van der Waals surface area contributed by atoms with Crippen LogP contribution in [0.2, 0.25) is 0 Å². The van der Waals surface area contributed by atoms with E-state index in [4.69, 9.17) is 4.74 Å². The van der Waals surface area contributed by atoms with E-state index in [0.29, 0.717) is 28.2 Å². The molecule has 1 unspecified atom stereocenters. The number of nitrogens with zero attached hydrogens (tertiary/aromatic N) is 3. The third-order valence-electron chi connectivity index (χ3n) is 5.82. The van der Waals surface area contributed by atoms with Crippen LogP contribution in [-0.4, -0.2) is 39.5 Å². The van der Waals surface area contributed by atoms with Crippen molar-refractivity contribution in [2.24, 2.45) is 5.92 Å². The van der Waals surface area contributed by atoms with E-state index in [1.54, 1.807) is 6.08 Å². The van der Waals surface area contributed by atoms with Gasteiger partial charge < -0.3 is 10.1 Å². The number of benzene rings is 1. The molecule has 2 heterocycles. The minimum absolute atomic E-state index is 0.142. The predicted molar refractivity (Wildman–Crippen MR) is 137 cm³/mol. The number of thiophene rings is 1. The average Bonchev–Trinajstić information content (AvgIpc) is 3.38. The van der Waals surface area contributed by atoms with Gasteiger partial charge in [-0.3, -0.25) is 9.36 Å². The number of hydrogen-bond donors (Lipinski definition) is 1. The topological polar surface area (TPSA) is 86.1 Å². The number of carbonyl (C=O) groups is 2. The summed E-state index contributed by atoms with van der Waals surface area (Å²) >= 11 is 2.79. The highest BCUT2D eigenvalue weighted by molar-refractivity contribution is 7.99. The Bertz CT molecular complexity index is 1210. The van der Waals surface area contributed by atoms with Gasteiger partial charge in [0.25, 0.3) is 0 Å². The Morgan fingerprint density at radius 1 is 1.32 bits per heavy atom. The number of allylic oxidation sites excluding steroid dienone is 1. The Balaban J connectivity index is 1.50. The van der Waals surface area contributed by atoms with Gasteiger partial charge in [-0.25, -0.2) is 4.79 Å². The Hall–Kier alpha value is -2.91. The van der Waals surface area contributed by atoms with E-state index < -0.39 is 5.97 Å². The lowest BCUT2D eigenvalue weighted by molar-refractivity contribution is -0.113. The van der Waals surface area contributed by atoms with Crippen LogP contribution in [0.1, 0.15) is 39.7 Å². The second kappa shape index (κ2) is 10.6. The zero-order valence-corrected chi connectivity index (χ0v) is 21.2. The number of hydrogen-bond acceptors (Lipinski definition) is 7. The van der Waals surface area contributed by atoms with Crippen molar-refractivity contribution in [2.45, 2.75) is 44.8 Å². The van der Waals surface area contributed by atoms with Crippen molar-refractivity contribution in [3.8, 4) is 11.4 Å². The van der Waals surface area contributed by atoms with Gasteiger partial charge in [-0.15, -0.1) is 28.1 Å². The first-order chi connectivity index (χ1) is 16.4. The third-order valence-corrected chi connectivity index (χ3v) is 7.96. The number of fused-ring (bicyclic) bond motifs is 1. The van der Waals surface area contributed by atoms with E-state index in [2.05, 4.69) is 29.0 Å². The van der Waals surface area contributed by atoms with Gasteiger partial charge >= 0.3 is 5.97 Å². The van der Waals surface area contributed by atoms with Gasteiger partial charge in [0, 0.05) is 17.0 Å². The minimum atomic E-state index is -0.400.